The number of carbonyl (C=O) groups excluding carboxylic acids is 2. The van der Waals surface area contributed by atoms with Crippen molar-refractivity contribution in [2.45, 2.75) is 31.3 Å². The average molecular weight is 597 g/mol. The number of halogens is 3. The van der Waals surface area contributed by atoms with Gasteiger partial charge in [-0.1, -0.05) is 29.3 Å². The Morgan fingerprint density at radius 2 is 1.64 bits per heavy atom. The molecule has 39 heavy (non-hydrogen) atoms. The zero-order chi connectivity index (χ0) is 28.7. The van der Waals surface area contributed by atoms with Crippen molar-refractivity contribution in [1.29, 1.82) is 0 Å². The molecule has 12 heteroatoms. The van der Waals surface area contributed by atoms with Gasteiger partial charge in [-0.2, -0.15) is 0 Å². The Hall–Kier alpha value is -3.34. The minimum atomic E-state index is -4.32. The van der Waals surface area contributed by atoms with Gasteiger partial charge < -0.3 is 15.0 Å². The summed E-state index contributed by atoms with van der Waals surface area (Å²) in [7, 11) is -2.89. The standard InChI is InChI=1S/C27H28Cl2FN3O5S/c1-4-38-22-10-8-21(9-11-22)33(39(36,37)23-12-6-20(30)7-13-23)17-26(34)32(18(2)27(35)31-3)16-19-5-14-24(28)25(29)15-19/h5-15,18H,4,16-17H2,1-3H3,(H,31,35)/t18-/m1/s1. The molecular weight excluding hydrogens is 568 g/mol. The molecule has 208 valence electrons. The molecule has 0 aromatic heterocycles. The zero-order valence-electron chi connectivity index (χ0n) is 21.5. The predicted molar refractivity (Wildman–Crippen MR) is 149 cm³/mol. The summed E-state index contributed by atoms with van der Waals surface area (Å²) >= 11 is 12.2. The van der Waals surface area contributed by atoms with Crippen LogP contribution in [0.25, 0.3) is 0 Å². The van der Waals surface area contributed by atoms with Crippen LogP contribution < -0.4 is 14.4 Å². The van der Waals surface area contributed by atoms with Gasteiger partial charge in [0.05, 0.1) is 27.2 Å². The van der Waals surface area contributed by atoms with Gasteiger partial charge in [-0.15, -0.1) is 0 Å². The van der Waals surface area contributed by atoms with Crippen LogP contribution in [-0.4, -0.2) is 51.4 Å². The van der Waals surface area contributed by atoms with Crippen LogP contribution in [0.2, 0.25) is 10.0 Å². The topological polar surface area (TPSA) is 96.0 Å². The van der Waals surface area contributed by atoms with Crippen LogP contribution in [0.3, 0.4) is 0 Å². The minimum absolute atomic E-state index is 0.0436. The van der Waals surface area contributed by atoms with Crippen molar-refractivity contribution in [2.24, 2.45) is 0 Å². The summed E-state index contributed by atoms with van der Waals surface area (Å²) < 4.78 is 47.3. The summed E-state index contributed by atoms with van der Waals surface area (Å²) in [5.41, 5.74) is 0.765. The number of ether oxygens (including phenoxy) is 1. The van der Waals surface area contributed by atoms with E-state index >= 15 is 0 Å². The Morgan fingerprint density at radius 1 is 1.00 bits per heavy atom. The van der Waals surface area contributed by atoms with E-state index in [1.807, 2.05) is 6.92 Å². The first-order valence-electron chi connectivity index (χ1n) is 11.9. The highest BCUT2D eigenvalue weighted by atomic mass is 35.5. The summed E-state index contributed by atoms with van der Waals surface area (Å²) in [6, 6.07) is 14.3. The van der Waals surface area contributed by atoms with Gasteiger partial charge in [-0.3, -0.25) is 13.9 Å². The molecule has 1 N–H and O–H groups in total. The normalized spacial score (nSPS) is 11.9. The van der Waals surface area contributed by atoms with E-state index in [4.69, 9.17) is 27.9 Å². The van der Waals surface area contributed by atoms with E-state index in [2.05, 4.69) is 5.32 Å². The van der Waals surface area contributed by atoms with E-state index in [-0.39, 0.29) is 22.2 Å². The summed E-state index contributed by atoms with van der Waals surface area (Å²) in [6.07, 6.45) is 0. The molecule has 0 fully saturated rings. The Bertz CT molecular complexity index is 1420. The lowest BCUT2D eigenvalue weighted by Crippen LogP contribution is -2.50. The highest BCUT2D eigenvalue weighted by Crippen LogP contribution is 2.28. The average Bonchev–Trinajstić information content (AvgIpc) is 2.92. The smallest absolute Gasteiger partial charge is 0.264 e. The first-order chi connectivity index (χ1) is 18.5. The highest BCUT2D eigenvalue weighted by Gasteiger charge is 2.32. The number of carbonyl (C=O) groups is 2. The number of nitrogens with one attached hydrogen (secondary N) is 1. The molecule has 0 unspecified atom stereocenters. The summed E-state index contributed by atoms with van der Waals surface area (Å²) in [5, 5.41) is 3.10. The lowest BCUT2D eigenvalue weighted by Gasteiger charge is -2.32. The lowest BCUT2D eigenvalue weighted by molar-refractivity contribution is -0.139. The maximum Gasteiger partial charge on any atom is 0.264 e. The molecule has 0 saturated heterocycles. The number of nitrogens with zero attached hydrogens (tertiary/aromatic N) is 2. The summed E-state index contributed by atoms with van der Waals surface area (Å²) in [4.78, 5) is 27.3. The van der Waals surface area contributed by atoms with Crippen molar-refractivity contribution < 1.29 is 27.1 Å². The quantitative estimate of drug-likeness (QED) is 0.340. The van der Waals surface area contributed by atoms with Crippen molar-refractivity contribution in [2.75, 3.05) is 24.5 Å². The number of likely N-dealkylation sites (N-methyl/N-ethyl adjacent to an activating group) is 1. The lowest BCUT2D eigenvalue weighted by atomic mass is 10.1. The minimum Gasteiger partial charge on any atom is -0.494 e. The SMILES string of the molecule is CCOc1ccc(N(CC(=O)N(Cc2ccc(Cl)c(Cl)c2)[C@H](C)C(=O)NC)S(=O)(=O)c2ccc(F)cc2)cc1. The van der Waals surface area contributed by atoms with Crippen molar-refractivity contribution >= 4 is 50.7 Å². The predicted octanol–water partition coefficient (Wildman–Crippen LogP) is 4.89. The van der Waals surface area contributed by atoms with Crippen molar-refractivity contribution in [3.63, 3.8) is 0 Å². The maximum absolute atomic E-state index is 13.7. The number of sulfonamides is 1. The Morgan fingerprint density at radius 3 is 2.21 bits per heavy atom. The molecule has 0 aliphatic rings. The fraction of sp³-hybridized carbons (Fsp3) is 0.259. The van der Waals surface area contributed by atoms with Gasteiger partial charge in [0.1, 0.15) is 24.2 Å². The van der Waals surface area contributed by atoms with E-state index in [9.17, 15) is 22.4 Å². The first kappa shape index (κ1) is 30.2. The second-order valence-electron chi connectivity index (χ2n) is 8.45. The maximum atomic E-state index is 13.7. The van der Waals surface area contributed by atoms with Crippen LogP contribution in [0.15, 0.2) is 71.6 Å². The second kappa shape index (κ2) is 13.1. The molecular formula is C27H28Cl2FN3O5S. The van der Waals surface area contributed by atoms with Gasteiger partial charge >= 0.3 is 0 Å². The number of hydrogen-bond acceptors (Lipinski definition) is 5. The molecule has 0 heterocycles. The van der Waals surface area contributed by atoms with Gasteiger partial charge in [0.15, 0.2) is 0 Å². The fourth-order valence-electron chi connectivity index (χ4n) is 3.76. The molecule has 0 aliphatic carbocycles. The van der Waals surface area contributed by atoms with Crippen LogP contribution in [0, 0.1) is 5.82 Å². The molecule has 3 aromatic carbocycles. The highest BCUT2D eigenvalue weighted by molar-refractivity contribution is 7.92. The molecule has 2 amide bonds. The van der Waals surface area contributed by atoms with Crippen LogP contribution in [0.5, 0.6) is 5.75 Å². The molecule has 1 atom stereocenters. The third kappa shape index (κ3) is 7.40. The van der Waals surface area contributed by atoms with Crippen molar-refractivity contribution in [3.05, 3.63) is 88.2 Å². The van der Waals surface area contributed by atoms with Crippen LogP contribution in [0.1, 0.15) is 19.4 Å². The molecule has 0 saturated carbocycles. The van der Waals surface area contributed by atoms with Gasteiger partial charge in [0.2, 0.25) is 11.8 Å². The summed E-state index contributed by atoms with van der Waals surface area (Å²) in [6.45, 7) is 3.07. The van der Waals surface area contributed by atoms with E-state index in [1.165, 1.54) is 31.0 Å². The van der Waals surface area contributed by atoms with Gasteiger partial charge in [0.25, 0.3) is 10.0 Å². The Kier molecular flexibility index (Phi) is 10.2. The molecule has 0 radical (unpaired) electrons. The third-order valence-corrected chi connectivity index (χ3v) is 8.39. The fourth-order valence-corrected chi connectivity index (χ4v) is 5.50. The Balaban J connectivity index is 2.04. The molecule has 3 aromatic rings. The summed E-state index contributed by atoms with van der Waals surface area (Å²) in [5.74, 6) is -1.19. The van der Waals surface area contributed by atoms with E-state index in [0.717, 1.165) is 28.6 Å². The molecule has 0 aliphatic heterocycles. The molecule has 3 rings (SSSR count). The van der Waals surface area contributed by atoms with Crippen LogP contribution in [-0.2, 0) is 26.2 Å². The largest absolute Gasteiger partial charge is 0.494 e. The van der Waals surface area contributed by atoms with Gasteiger partial charge in [0, 0.05) is 13.6 Å². The number of hydrogen-bond donors (Lipinski definition) is 1. The molecule has 8 nitrogen and oxygen atoms in total. The third-order valence-electron chi connectivity index (χ3n) is 5.87. The number of benzene rings is 3. The molecule has 0 bridgehead atoms. The number of anilines is 1. The van der Waals surface area contributed by atoms with Crippen molar-refractivity contribution in [3.8, 4) is 5.75 Å². The second-order valence-corrected chi connectivity index (χ2v) is 11.1. The van der Waals surface area contributed by atoms with Crippen molar-refractivity contribution in [1.82, 2.24) is 10.2 Å². The van der Waals surface area contributed by atoms with Crippen LogP contribution >= 0.6 is 23.2 Å². The first-order valence-corrected chi connectivity index (χ1v) is 14.1. The molecule has 0 spiro atoms. The van der Waals surface area contributed by atoms with Crippen LogP contribution in [0.4, 0.5) is 10.1 Å². The van der Waals surface area contributed by atoms with Gasteiger partial charge in [-0.25, -0.2) is 12.8 Å². The van der Waals surface area contributed by atoms with E-state index in [1.54, 1.807) is 30.3 Å². The zero-order valence-corrected chi connectivity index (χ0v) is 23.9. The van der Waals surface area contributed by atoms with E-state index in [0.29, 0.717) is 22.9 Å². The van der Waals surface area contributed by atoms with Gasteiger partial charge in [-0.05, 0) is 80.1 Å². The number of rotatable bonds is 11. The number of amides is 2. The van der Waals surface area contributed by atoms with E-state index < -0.39 is 40.2 Å². The monoisotopic (exact) mass is 595 g/mol. The Labute approximate surface area is 237 Å².